The first-order valence-electron chi connectivity index (χ1n) is 12.2. The van der Waals surface area contributed by atoms with Crippen LogP contribution in [0.3, 0.4) is 0 Å². The molecule has 0 saturated carbocycles. The van der Waals surface area contributed by atoms with Gasteiger partial charge in [-0.3, -0.25) is 9.69 Å². The second kappa shape index (κ2) is 11.1. The van der Waals surface area contributed by atoms with E-state index in [1.807, 2.05) is 49.4 Å². The maximum Gasteiger partial charge on any atom is 0.307 e. The van der Waals surface area contributed by atoms with Gasteiger partial charge in [0.2, 0.25) is 5.95 Å². The zero-order valence-electron chi connectivity index (χ0n) is 20.5. The summed E-state index contributed by atoms with van der Waals surface area (Å²) in [6, 6.07) is 17.3. The van der Waals surface area contributed by atoms with Crippen LogP contribution in [0.1, 0.15) is 24.1 Å². The third-order valence-electron chi connectivity index (χ3n) is 6.16. The van der Waals surface area contributed by atoms with Crippen LogP contribution in [0.5, 0.6) is 0 Å². The molecule has 3 N–H and O–H groups in total. The molecule has 0 amide bonds. The molecular weight excluding hydrogens is 468 g/mol. The molecule has 4 heterocycles. The molecule has 1 atom stereocenters. The number of anilines is 4. The van der Waals surface area contributed by atoms with Gasteiger partial charge in [-0.2, -0.15) is 4.98 Å². The first-order chi connectivity index (χ1) is 18.0. The molecule has 1 saturated heterocycles. The minimum atomic E-state index is -0.704. The monoisotopic (exact) mass is 496 g/mol. The number of aryl methyl sites for hydroxylation is 1. The summed E-state index contributed by atoms with van der Waals surface area (Å²) in [4.78, 5) is 35.8. The number of hydrogen-bond acceptors (Lipinski definition) is 9. The Morgan fingerprint density at radius 1 is 0.973 bits per heavy atom. The van der Waals surface area contributed by atoms with Gasteiger partial charge in [-0.25, -0.2) is 19.9 Å². The predicted octanol–water partition coefficient (Wildman–Crippen LogP) is 4.42. The van der Waals surface area contributed by atoms with E-state index in [1.165, 1.54) is 0 Å². The number of rotatable bonds is 8. The Balaban J connectivity index is 1.21. The summed E-state index contributed by atoms with van der Waals surface area (Å²) in [5, 5.41) is 15.7. The number of piperidine rings is 1. The maximum absolute atomic E-state index is 11.3. The number of hydrogen-bond donors (Lipinski definition) is 3. The first kappa shape index (κ1) is 24.3. The van der Waals surface area contributed by atoms with Crippen LogP contribution in [0.25, 0.3) is 11.5 Å². The van der Waals surface area contributed by atoms with Crippen molar-refractivity contribution < 1.29 is 9.90 Å². The van der Waals surface area contributed by atoms with Gasteiger partial charge < -0.3 is 15.7 Å². The largest absolute Gasteiger partial charge is 0.481 e. The van der Waals surface area contributed by atoms with Crippen molar-refractivity contribution in [3.05, 3.63) is 78.2 Å². The SMILES string of the molecule is Cc1cccc(-c2nccc(Nc3ccnc(Nc4ccc(CN5CCC[C@@H](C(=O)O)C5)cc4)n3)n2)n1. The van der Waals surface area contributed by atoms with Gasteiger partial charge in [0.1, 0.15) is 17.3 Å². The van der Waals surface area contributed by atoms with Crippen molar-refractivity contribution in [1.82, 2.24) is 29.8 Å². The van der Waals surface area contributed by atoms with Crippen molar-refractivity contribution in [2.45, 2.75) is 26.3 Å². The zero-order valence-corrected chi connectivity index (χ0v) is 20.5. The third-order valence-corrected chi connectivity index (χ3v) is 6.16. The lowest BCUT2D eigenvalue weighted by atomic mass is 9.98. The van der Waals surface area contributed by atoms with Crippen LogP contribution in [-0.2, 0) is 11.3 Å². The van der Waals surface area contributed by atoms with E-state index in [1.54, 1.807) is 24.5 Å². The third kappa shape index (κ3) is 6.42. The number of carboxylic acids is 1. The number of aliphatic carboxylic acids is 1. The van der Waals surface area contributed by atoms with E-state index in [2.05, 4.69) is 40.5 Å². The van der Waals surface area contributed by atoms with Crippen molar-refractivity contribution in [1.29, 1.82) is 0 Å². The molecule has 4 aromatic rings. The molecule has 3 aromatic heterocycles. The van der Waals surface area contributed by atoms with Gasteiger partial charge in [-0.1, -0.05) is 18.2 Å². The van der Waals surface area contributed by atoms with E-state index in [-0.39, 0.29) is 5.92 Å². The Labute approximate surface area is 214 Å². The fraction of sp³-hybridized carbons (Fsp3) is 0.259. The van der Waals surface area contributed by atoms with Crippen LogP contribution in [-0.4, -0.2) is 54.0 Å². The Hall–Kier alpha value is -4.44. The van der Waals surface area contributed by atoms with Gasteiger partial charge in [-0.15, -0.1) is 0 Å². The highest BCUT2D eigenvalue weighted by molar-refractivity contribution is 5.70. The summed E-state index contributed by atoms with van der Waals surface area (Å²) < 4.78 is 0. The zero-order chi connectivity index (χ0) is 25.6. The van der Waals surface area contributed by atoms with Gasteiger partial charge >= 0.3 is 5.97 Å². The summed E-state index contributed by atoms with van der Waals surface area (Å²) in [5.74, 6) is 1.20. The summed E-state index contributed by atoms with van der Waals surface area (Å²) in [6.45, 7) is 4.18. The molecule has 1 aromatic carbocycles. The Morgan fingerprint density at radius 2 is 1.76 bits per heavy atom. The topological polar surface area (TPSA) is 129 Å². The maximum atomic E-state index is 11.3. The van der Waals surface area contributed by atoms with E-state index >= 15 is 0 Å². The molecular formula is C27H28N8O2. The molecule has 1 fully saturated rings. The minimum absolute atomic E-state index is 0.277. The smallest absolute Gasteiger partial charge is 0.307 e. The number of nitrogens with zero attached hydrogens (tertiary/aromatic N) is 6. The van der Waals surface area contributed by atoms with Gasteiger partial charge in [0.05, 0.1) is 5.92 Å². The van der Waals surface area contributed by atoms with Crippen LogP contribution in [0, 0.1) is 12.8 Å². The lowest BCUT2D eigenvalue weighted by molar-refractivity contribution is -0.143. The number of likely N-dealkylation sites (tertiary alicyclic amines) is 1. The molecule has 1 aliphatic rings. The lowest BCUT2D eigenvalue weighted by Crippen LogP contribution is -2.38. The summed E-state index contributed by atoms with van der Waals surface area (Å²) >= 11 is 0. The standard InChI is InChI=1S/C27H28N8O2/c1-18-4-2-6-22(30-18)25-28-13-11-23(33-25)32-24-12-14-29-27(34-24)31-21-9-7-19(8-10-21)16-35-15-3-5-20(17-35)26(36)37/h2,4,6-14,20H,3,5,15-17H2,1H3,(H,36,37)(H2,28,29,31,32,33,34)/t20-/m1/s1. The first-order valence-corrected chi connectivity index (χ1v) is 12.2. The fourth-order valence-electron chi connectivity index (χ4n) is 4.32. The van der Waals surface area contributed by atoms with Gasteiger partial charge in [0.25, 0.3) is 0 Å². The molecule has 0 unspecified atom stereocenters. The highest BCUT2D eigenvalue weighted by Gasteiger charge is 2.25. The molecule has 188 valence electrons. The van der Waals surface area contributed by atoms with E-state index < -0.39 is 5.97 Å². The summed E-state index contributed by atoms with van der Waals surface area (Å²) in [7, 11) is 0. The highest BCUT2D eigenvalue weighted by Crippen LogP contribution is 2.22. The lowest BCUT2D eigenvalue weighted by Gasteiger charge is -2.30. The van der Waals surface area contributed by atoms with Crippen molar-refractivity contribution in [3.63, 3.8) is 0 Å². The van der Waals surface area contributed by atoms with E-state index in [4.69, 9.17) is 0 Å². The molecule has 0 bridgehead atoms. The van der Waals surface area contributed by atoms with E-state index in [9.17, 15) is 9.90 Å². The van der Waals surface area contributed by atoms with Gasteiger partial charge in [-0.05, 0) is 68.3 Å². The number of carbonyl (C=O) groups is 1. The van der Waals surface area contributed by atoms with Crippen LogP contribution < -0.4 is 10.6 Å². The highest BCUT2D eigenvalue weighted by atomic mass is 16.4. The Bertz CT molecular complexity index is 1380. The molecule has 10 heteroatoms. The van der Waals surface area contributed by atoms with Crippen molar-refractivity contribution in [2.24, 2.45) is 5.92 Å². The number of aromatic nitrogens is 5. The van der Waals surface area contributed by atoms with E-state index in [0.29, 0.717) is 35.6 Å². The number of pyridine rings is 1. The Kier molecular flexibility index (Phi) is 7.27. The molecule has 0 aliphatic carbocycles. The summed E-state index contributed by atoms with van der Waals surface area (Å²) in [6.07, 6.45) is 5.02. The minimum Gasteiger partial charge on any atom is -0.481 e. The normalized spacial score (nSPS) is 15.8. The summed E-state index contributed by atoms with van der Waals surface area (Å²) in [5.41, 5.74) is 3.60. The van der Waals surface area contributed by atoms with Crippen LogP contribution in [0.2, 0.25) is 0 Å². The molecule has 5 rings (SSSR count). The van der Waals surface area contributed by atoms with Crippen molar-refractivity contribution >= 4 is 29.2 Å². The average molecular weight is 497 g/mol. The Morgan fingerprint density at radius 3 is 2.54 bits per heavy atom. The van der Waals surface area contributed by atoms with Crippen LogP contribution >= 0.6 is 0 Å². The van der Waals surface area contributed by atoms with Crippen LogP contribution in [0.15, 0.2) is 67.0 Å². The number of nitrogens with one attached hydrogen (secondary N) is 2. The number of carboxylic acid groups (broad SMARTS) is 1. The molecule has 0 spiro atoms. The average Bonchev–Trinajstić information content (AvgIpc) is 2.90. The fourth-order valence-corrected chi connectivity index (χ4v) is 4.32. The molecule has 0 radical (unpaired) electrons. The second-order valence-corrected chi connectivity index (χ2v) is 9.05. The van der Waals surface area contributed by atoms with Gasteiger partial charge in [0, 0.05) is 36.9 Å². The predicted molar refractivity (Wildman–Crippen MR) is 141 cm³/mol. The molecule has 37 heavy (non-hydrogen) atoms. The number of benzene rings is 1. The molecule has 1 aliphatic heterocycles. The van der Waals surface area contributed by atoms with Gasteiger partial charge in [0.15, 0.2) is 5.82 Å². The van der Waals surface area contributed by atoms with Crippen molar-refractivity contribution in [3.8, 4) is 11.5 Å². The molecule has 10 nitrogen and oxygen atoms in total. The van der Waals surface area contributed by atoms with Crippen molar-refractivity contribution in [2.75, 3.05) is 23.7 Å². The van der Waals surface area contributed by atoms with Crippen LogP contribution in [0.4, 0.5) is 23.3 Å². The van der Waals surface area contributed by atoms with E-state index in [0.717, 1.165) is 42.9 Å². The quantitative estimate of drug-likeness (QED) is 0.322. The second-order valence-electron chi connectivity index (χ2n) is 9.05.